The molecular formula is C20H22N2O2S. The summed E-state index contributed by atoms with van der Waals surface area (Å²) < 4.78 is 5.76. The first-order valence-electron chi connectivity index (χ1n) is 8.79. The quantitative estimate of drug-likeness (QED) is 0.673. The van der Waals surface area contributed by atoms with Gasteiger partial charge in [0.05, 0.1) is 6.61 Å². The first-order valence-corrected chi connectivity index (χ1v) is 9.67. The second kappa shape index (κ2) is 7.42. The van der Waals surface area contributed by atoms with Crippen LogP contribution in [0, 0.1) is 0 Å². The Morgan fingerprint density at radius 3 is 3.08 bits per heavy atom. The van der Waals surface area contributed by atoms with Crippen molar-refractivity contribution in [2.45, 2.75) is 25.8 Å². The van der Waals surface area contributed by atoms with Crippen LogP contribution in [0.2, 0.25) is 0 Å². The Morgan fingerprint density at radius 2 is 2.12 bits per heavy atom. The summed E-state index contributed by atoms with van der Waals surface area (Å²) in [4.78, 5) is 8.46. The van der Waals surface area contributed by atoms with Gasteiger partial charge in [0.25, 0.3) is 0 Å². The fourth-order valence-electron chi connectivity index (χ4n) is 3.29. The molecule has 1 aromatic carbocycles. The Hall–Kier alpha value is -2.11. The number of unbranched alkanes of at least 4 members (excludes halogenated alkanes) is 1. The van der Waals surface area contributed by atoms with Gasteiger partial charge in [-0.2, -0.15) is 0 Å². The molecule has 4 rings (SSSR count). The fraction of sp³-hybridized carbons (Fsp3) is 0.350. The molecule has 0 saturated carbocycles. The lowest BCUT2D eigenvalue weighted by Gasteiger charge is -2.26. The number of aromatic hydroxyl groups is 1. The molecule has 130 valence electrons. The average Bonchev–Trinajstić information content (AvgIpc) is 3.10. The number of thiophene rings is 1. The van der Waals surface area contributed by atoms with Crippen LogP contribution in [-0.2, 0) is 13.0 Å². The van der Waals surface area contributed by atoms with Gasteiger partial charge in [0.15, 0.2) is 0 Å². The third-order valence-electron chi connectivity index (χ3n) is 4.69. The van der Waals surface area contributed by atoms with Crippen LogP contribution in [0.3, 0.4) is 0 Å². The van der Waals surface area contributed by atoms with E-state index in [4.69, 9.17) is 4.74 Å². The van der Waals surface area contributed by atoms with E-state index in [1.165, 1.54) is 16.9 Å². The van der Waals surface area contributed by atoms with Crippen LogP contribution in [0.25, 0.3) is 10.9 Å². The highest BCUT2D eigenvalue weighted by Crippen LogP contribution is 2.25. The van der Waals surface area contributed by atoms with Gasteiger partial charge in [-0.15, -0.1) is 11.3 Å². The molecular weight excluding hydrogens is 332 g/mol. The molecule has 3 aromatic rings. The summed E-state index contributed by atoms with van der Waals surface area (Å²) in [6, 6.07) is 11.5. The lowest BCUT2D eigenvalue weighted by Crippen LogP contribution is -2.30. The number of hydrogen-bond acceptors (Lipinski definition) is 5. The van der Waals surface area contributed by atoms with Gasteiger partial charge in [0.2, 0.25) is 5.88 Å². The van der Waals surface area contributed by atoms with Crippen molar-refractivity contribution in [2.75, 3.05) is 19.7 Å². The molecule has 4 nitrogen and oxygen atoms in total. The number of hydrogen-bond donors (Lipinski definition) is 1. The first kappa shape index (κ1) is 16.4. The number of phenols is 1. The highest BCUT2D eigenvalue weighted by molar-refractivity contribution is 7.10. The largest absolute Gasteiger partial charge is 0.506 e. The van der Waals surface area contributed by atoms with E-state index in [-0.39, 0.29) is 5.75 Å². The van der Waals surface area contributed by atoms with E-state index < -0.39 is 0 Å². The topological polar surface area (TPSA) is 45.6 Å². The van der Waals surface area contributed by atoms with Gasteiger partial charge in [-0.05, 0) is 54.9 Å². The van der Waals surface area contributed by atoms with Crippen LogP contribution in [-0.4, -0.2) is 34.7 Å². The van der Waals surface area contributed by atoms with Gasteiger partial charge in [-0.3, -0.25) is 4.90 Å². The van der Waals surface area contributed by atoms with Crippen molar-refractivity contribution in [1.29, 1.82) is 0 Å². The number of rotatable bonds is 6. The standard InChI is InChI=1S/C20H22N2O2S/c23-17-5-3-4-16-6-7-19(21-20(16)17)24-12-2-1-10-22-11-8-15-9-13-25-18(15)14-22/h3-7,9,13,23H,1-2,8,10-12,14H2. The van der Waals surface area contributed by atoms with Crippen LogP contribution in [0.4, 0.5) is 0 Å². The Kier molecular flexibility index (Phi) is 4.85. The third-order valence-corrected chi connectivity index (χ3v) is 5.64. The minimum Gasteiger partial charge on any atom is -0.506 e. The molecule has 0 unspecified atom stereocenters. The zero-order valence-electron chi connectivity index (χ0n) is 14.1. The number of fused-ring (bicyclic) bond motifs is 2. The molecule has 0 atom stereocenters. The van der Waals surface area contributed by atoms with Crippen LogP contribution in [0.1, 0.15) is 23.3 Å². The average molecular weight is 354 g/mol. The normalized spacial score (nSPS) is 14.6. The van der Waals surface area contributed by atoms with Gasteiger partial charge < -0.3 is 9.84 Å². The molecule has 1 N–H and O–H groups in total. The summed E-state index contributed by atoms with van der Waals surface area (Å²) >= 11 is 1.88. The lowest BCUT2D eigenvalue weighted by molar-refractivity contribution is 0.235. The van der Waals surface area contributed by atoms with E-state index in [9.17, 15) is 5.11 Å². The van der Waals surface area contributed by atoms with E-state index in [0.29, 0.717) is 18.0 Å². The monoisotopic (exact) mass is 354 g/mol. The number of phenolic OH excluding ortho intramolecular Hbond substituents is 1. The molecule has 1 aliphatic heterocycles. The van der Waals surface area contributed by atoms with Crippen LogP contribution < -0.4 is 4.74 Å². The summed E-state index contributed by atoms with van der Waals surface area (Å²) in [6.45, 7) is 4.03. The van der Waals surface area contributed by atoms with Gasteiger partial charge in [0.1, 0.15) is 11.3 Å². The highest BCUT2D eigenvalue weighted by atomic mass is 32.1. The summed E-state index contributed by atoms with van der Waals surface area (Å²) in [5, 5.41) is 13.0. The number of nitrogens with zero attached hydrogens (tertiary/aromatic N) is 2. The molecule has 5 heteroatoms. The van der Waals surface area contributed by atoms with Crippen LogP contribution in [0.5, 0.6) is 11.6 Å². The molecule has 0 radical (unpaired) electrons. The Balaban J connectivity index is 1.23. The van der Waals surface area contributed by atoms with Crippen molar-refractivity contribution in [3.63, 3.8) is 0 Å². The van der Waals surface area contributed by atoms with Crippen molar-refractivity contribution < 1.29 is 9.84 Å². The molecule has 0 aliphatic carbocycles. The van der Waals surface area contributed by atoms with Gasteiger partial charge in [-0.1, -0.05) is 12.1 Å². The second-order valence-corrected chi connectivity index (χ2v) is 7.45. The highest BCUT2D eigenvalue weighted by Gasteiger charge is 2.16. The predicted molar refractivity (Wildman–Crippen MR) is 101 cm³/mol. The minimum absolute atomic E-state index is 0.195. The predicted octanol–water partition coefficient (Wildman–Crippen LogP) is 4.22. The third kappa shape index (κ3) is 3.78. The number of aromatic nitrogens is 1. The Morgan fingerprint density at radius 1 is 1.16 bits per heavy atom. The van der Waals surface area contributed by atoms with E-state index in [1.807, 2.05) is 35.6 Å². The van der Waals surface area contributed by atoms with Crippen LogP contribution in [0.15, 0.2) is 41.8 Å². The number of ether oxygens (including phenoxy) is 1. The SMILES string of the molecule is Oc1cccc2ccc(OCCCCN3CCc4ccsc4C3)nc12. The minimum atomic E-state index is 0.195. The van der Waals surface area contributed by atoms with Gasteiger partial charge in [-0.25, -0.2) is 4.98 Å². The van der Waals surface area contributed by atoms with E-state index in [1.54, 1.807) is 6.07 Å². The molecule has 0 bridgehead atoms. The molecule has 3 heterocycles. The van der Waals surface area contributed by atoms with Crippen molar-refractivity contribution in [3.8, 4) is 11.6 Å². The van der Waals surface area contributed by atoms with E-state index in [0.717, 1.165) is 37.9 Å². The lowest BCUT2D eigenvalue weighted by atomic mass is 10.1. The van der Waals surface area contributed by atoms with E-state index >= 15 is 0 Å². The number of benzene rings is 1. The number of para-hydroxylation sites is 1. The Labute approximate surface area is 151 Å². The molecule has 0 amide bonds. The maximum Gasteiger partial charge on any atom is 0.213 e. The second-order valence-electron chi connectivity index (χ2n) is 6.45. The van der Waals surface area contributed by atoms with Crippen molar-refractivity contribution in [3.05, 3.63) is 52.2 Å². The summed E-state index contributed by atoms with van der Waals surface area (Å²) in [5.74, 6) is 0.774. The maximum absolute atomic E-state index is 9.88. The van der Waals surface area contributed by atoms with E-state index in [2.05, 4.69) is 21.3 Å². The van der Waals surface area contributed by atoms with Crippen molar-refractivity contribution in [2.24, 2.45) is 0 Å². The molecule has 0 spiro atoms. The molecule has 0 fully saturated rings. The summed E-state index contributed by atoms with van der Waals surface area (Å²) in [7, 11) is 0. The van der Waals surface area contributed by atoms with Crippen LogP contribution >= 0.6 is 11.3 Å². The zero-order valence-corrected chi connectivity index (χ0v) is 15.0. The van der Waals surface area contributed by atoms with Crippen molar-refractivity contribution >= 4 is 22.2 Å². The first-order chi connectivity index (χ1) is 12.3. The zero-order chi connectivity index (χ0) is 17.1. The molecule has 2 aromatic heterocycles. The molecule has 0 saturated heterocycles. The molecule has 25 heavy (non-hydrogen) atoms. The Bertz CT molecular complexity index is 862. The summed E-state index contributed by atoms with van der Waals surface area (Å²) in [5.41, 5.74) is 2.13. The van der Waals surface area contributed by atoms with Crippen molar-refractivity contribution in [1.82, 2.24) is 9.88 Å². The van der Waals surface area contributed by atoms with Gasteiger partial charge >= 0.3 is 0 Å². The summed E-state index contributed by atoms with van der Waals surface area (Å²) in [6.07, 6.45) is 3.31. The molecule has 1 aliphatic rings. The smallest absolute Gasteiger partial charge is 0.213 e. The van der Waals surface area contributed by atoms with Gasteiger partial charge in [0, 0.05) is 29.4 Å². The number of pyridine rings is 1. The maximum atomic E-state index is 9.88. The fourth-order valence-corrected chi connectivity index (χ4v) is 4.26.